The van der Waals surface area contributed by atoms with Gasteiger partial charge in [-0.05, 0) is 24.8 Å². The largest absolute Gasteiger partial charge is 0.338 e. The molecule has 0 bridgehead atoms. The average Bonchev–Trinajstić information content (AvgIpc) is 2.96. The highest BCUT2D eigenvalue weighted by molar-refractivity contribution is 7.87. The predicted octanol–water partition coefficient (Wildman–Crippen LogP) is 1.55. The number of rotatable bonds is 4. The van der Waals surface area contributed by atoms with Gasteiger partial charge in [-0.25, -0.2) is 9.86 Å². The number of carbonyl (C=O) groups excluding carboxylic acids is 1. The van der Waals surface area contributed by atoms with Crippen LogP contribution in [0.15, 0.2) is 29.6 Å². The number of nitrogens with two attached hydrogens (primary N) is 1. The van der Waals surface area contributed by atoms with E-state index in [4.69, 9.17) is 5.14 Å². The second kappa shape index (κ2) is 6.56. The van der Waals surface area contributed by atoms with Crippen LogP contribution >= 0.6 is 11.3 Å². The normalized spacial score (nSPS) is 19.2. The number of piperidine rings is 1. The van der Waals surface area contributed by atoms with Crippen LogP contribution in [0.4, 0.5) is 0 Å². The molecule has 23 heavy (non-hydrogen) atoms. The number of amides is 1. The molecule has 1 aromatic carbocycles. The number of fused-ring (bicyclic) bond motifs is 1. The molecular weight excluding hydrogens is 334 g/mol. The van der Waals surface area contributed by atoms with Crippen molar-refractivity contribution in [2.75, 3.05) is 19.6 Å². The lowest BCUT2D eigenvalue weighted by molar-refractivity contribution is 0.0679. The lowest BCUT2D eigenvalue weighted by atomic mass is 9.97. The van der Waals surface area contributed by atoms with Crippen molar-refractivity contribution >= 4 is 37.5 Å². The fraction of sp³-hybridized carbons (Fsp3) is 0.400. The Hall–Kier alpha value is -1.48. The highest BCUT2D eigenvalue weighted by atomic mass is 32.2. The predicted molar refractivity (Wildman–Crippen MR) is 91.6 cm³/mol. The zero-order valence-electron chi connectivity index (χ0n) is 12.6. The molecule has 124 valence electrons. The quantitative estimate of drug-likeness (QED) is 0.873. The van der Waals surface area contributed by atoms with Crippen molar-refractivity contribution in [3.05, 3.63) is 35.2 Å². The Morgan fingerprint density at radius 3 is 2.96 bits per heavy atom. The first-order valence-corrected chi connectivity index (χ1v) is 9.89. The van der Waals surface area contributed by atoms with Gasteiger partial charge in [0.25, 0.3) is 16.1 Å². The molecular formula is C15H19N3O3S2. The van der Waals surface area contributed by atoms with Crippen molar-refractivity contribution in [2.24, 2.45) is 11.1 Å². The van der Waals surface area contributed by atoms with Crippen LogP contribution in [0, 0.1) is 5.92 Å². The van der Waals surface area contributed by atoms with Crippen LogP contribution in [0.1, 0.15) is 23.2 Å². The summed E-state index contributed by atoms with van der Waals surface area (Å²) in [6.45, 7) is 1.52. The summed E-state index contributed by atoms with van der Waals surface area (Å²) < 4.78 is 25.4. The van der Waals surface area contributed by atoms with Gasteiger partial charge in [-0.2, -0.15) is 8.42 Å². The maximum atomic E-state index is 12.8. The standard InChI is InChI=1S/C15H19N3O3S2/c16-23(20,21)17-8-11-4-3-7-18(9-11)15(19)13-10-22-14-6-2-1-5-12(13)14/h1-2,5-6,10-11,17H,3-4,7-9H2,(H2,16,20,21). The summed E-state index contributed by atoms with van der Waals surface area (Å²) in [6.07, 6.45) is 1.75. The summed E-state index contributed by atoms with van der Waals surface area (Å²) in [4.78, 5) is 14.6. The molecule has 3 N–H and O–H groups in total. The minimum atomic E-state index is -3.69. The molecule has 1 aliphatic heterocycles. The lowest BCUT2D eigenvalue weighted by Crippen LogP contribution is -2.44. The number of thiophene rings is 1. The van der Waals surface area contributed by atoms with E-state index in [0.29, 0.717) is 13.1 Å². The van der Waals surface area contributed by atoms with Gasteiger partial charge in [-0.3, -0.25) is 4.79 Å². The van der Waals surface area contributed by atoms with Crippen LogP contribution in [-0.4, -0.2) is 38.9 Å². The first-order chi connectivity index (χ1) is 10.9. The topological polar surface area (TPSA) is 92.5 Å². The fourth-order valence-electron chi connectivity index (χ4n) is 2.96. The third kappa shape index (κ3) is 3.89. The van der Waals surface area contributed by atoms with E-state index in [0.717, 1.165) is 28.5 Å². The molecule has 0 radical (unpaired) electrons. The maximum absolute atomic E-state index is 12.8. The number of nitrogens with zero attached hydrogens (tertiary/aromatic N) is 1. The van der Waals surface area contributed by atoms with Gasteiger partial charge < -0.3 is 4.90 Å². The molecule has 8 heteroatoms. The fourth-order valence-corrected chi connectivity index (χ4v) is 4.37. The summed E-state index contributed by atoms with van der Waals surface area (Å²) in [5.74, 6) is 0.110. The number of hydrogen-bond donors (Lipinski definition) is 2. The van der Waals surface area contributed by atoms with E-state index in [-0.39, 0.29) is 18.4 Å². The number of nitrogens with one attached hydrogen (secondary N) is 1. The summed E-state index contributed by atoms with van der Waals surface area (Å²) in [5, 5.41) is 7.85. The number of likely N-dealkylation sites (tertiary alicyclic amines) is 1. The van der Waals surface area contributed by atoms with Crippen LogP contribution in [0.5, 0.6) is 0 Å². The zero-order chi connectivity index (χ0) is 16.4. The molecule has 0 aliphatic carbocycles. The minimum absolute atomic E-state index is 0.0164. The number of hydrogen-bond acceptors (Lipinski definition) is 4. The molecule has 0 spiro atoms. The molecule has 2 aromatic rings. The smallest absolute Gasteiger partial charge is 0.274 e. The molecule has 1 saturated heterocycles. The van der Waals surface area contributed by atoms with Crippen molar-refractivity contribution in [1.82, 2.24) is 9.62 Å². The van der Waals surface area contributed by atoms with E-state index >= 15 is 0 Å². The Balaban J connectivity index is 1.72. The third-order valence-electron chi connectivity index (χ3n) is 4.09. The number of benzene rings is 1. The number of carbonyl (C=O) groups is 1. The third-order valence-corrected chi connectivity index (χ3v) is 5.62. The van der Waals surface area contributed by atoms with Crippen LogP contribution < -0.4 is 9.86 Å². The molecule has 1 atom stereocenters. The van der Waals surface area contributed by atoms with Crippen molar-refractivity contribution < 1.29 is 13.2 Å². The Morgan fingerprint density at radius 2 is 2.17 bits per heavy atom. The Bertz CT molecular complexity index is 816. The summed E-state index contributed by atoms with van der Waals surface area (Å²) >= 11 is 1.57. The molecule has 0 saturated carbocycles. The van der Waals surface area contributed by atoms with E-state index < -0.39 is 10.2 Å². The van der Waals surface area contributed by atoms with E-state index in [2.05, 4.69) is 4.72 Å². The van der Waals surface area contributed by atoms with Crippen LogP contribution in [0.2, 0.25) is 0 Å². The van der Waals surface area contributed by atoms with E-state index in [9.17, 15) is 13.2 Å². The van der Waals surface area contributed by atoms with Gasteiger partial charge in [0.1, 0.15) is 0 Å². The van der Waals surface area contributed by atoms with E-state index in [1.165, 1.54) is 0 Å². The Kier molecular flexibility index (Phi) is 4.67. The van der Waals surface area contributed by atoms with E-state index in [1.807, 2.05) is 34.5 Å². The SMILES string of the molecule is NS(=O)(=O)NCC1CCCN(C(=O)c2csc3ccccc23)C1. The van der Waals surface area contributed by atoms with Crippen LogP contribution in [-0.2, 0) is 10.2 Å². The lowest BCUT2D eigenvalue weighted by Gasteiger charge is -2.32. The minimum Gasteiger partial charge on any atom is -0.338 e. The molecule has 3 rings (SSSR count). The van der Waals surface area contributed by atoms with Crippen molar-refractivity contribution in [2.45, 2.75) is 12.8 Å². The summed E-state index contributed by atoms with van der Waals surface area (Å²) in [7, 11) is -3.69. The molecule has 2 heterocycles. The van der Waals surface area contributed by atoms with Gasteiger partial charge in [0.15, 0.2) is 0 Å². The summed E-state index contributed by atoms with van der Waals surface area (Å²) in [6, 6.07) is 7.86. The molecule has 1 unspecified atom stereocenters. The second-order valence-corrected chi connectivity index (χ2v) is 8.09. The first-order valence-electron chi connectivity index (χ1n) is 7.47. The zero-order valence-corrected chi connectivity index (χ0v) is 14.2. The molecule has 1 aliphatic rings. The summed E-state index contributed by atoms with van der Waals surface area (Å²) in [5.41, 5.74) is 0.727. The highest BCUT2D eigenvalue weighted by Crippen LogP contribution is 2.28. The van der Waals surface area contributed by atoms with Gasteiger partial charge in [0, 0.05) is 35.1 Å². The van der Waals surface area contributed by atoms with Gasteiger partial charge in [-0.15, -0.1) is 11.3 Å². The van der Waals surface area contributed by atoms with Crippen LogP contribution in [0.25, 0.3) is 10.1 Å². The van der Waals surface area contributed by atoms with Gasteiger partial charge >= 0.3 is 0 Å². The Labute approximate surface area is 139 Å². The van der Waals surface area contributed by atoms with Gasteiger partial charge in [0.2, 0.25) is 0 Å². The van der Waals surface area contributed by atoms with Gasteiger partial charge in [0.05, 0.1) is 5.56 Å². The second-order valence-electron chi connectivity index (χ2n) is 5.80. The molecule has 1 fully saturated rings. The molecule has 1 amide bonds. The monoisotopic (exact) mass is 353 g/mol. The maximum Gasteiger partial charge on any atom is 0.274 e. The van der Waals surface area contributed by atoms with Crippen molar-refractivity contribution in [3.63, 3.8) is 0 Å². The van der Waals surface area contributed by atoms with Gasteiger partial charge in [-0.1, -0.05) is 18.2 Å². The first kappa shape index (κ1) is 16.4. The van der Waals surface area contributed by atoms with Crippen molar-refractivity contribution in [3.8, 4) is 0 Å². The highest BCUT2D eigenvalue weighted by Gasteiger charge is 2.26. The van der Waals surface area contributed by atoms with E-state index in [1.54, 1.807) is 11.3 Å². The average molecular weight is 353 g/mol. The van der Waals surface area contributed by atoms with Crippen LogP contribution in [0.3, 0.4) is 0 Å². The Morgan fingerprint density at radius 1 is 1.39 bits per heavy atom. The van der Waals surface area contributed by atoms with Crippen molar-refractivity contribution in [1.29, 1.82) is 0 Å². The molecule has 6 nitrogen and oxygen atoms in total. The molecule has 1 aromatic heterocycles.